The highest BCUT2D eigenvalue weighted by Gasteiger charge is 2.20. The van der Waals surface area contributed by atoms with Gasteiger partial charge in [-0.3, -0.25) is 9.59 Å². The fourth-order valence-electron chi connectivity index (χ4n) is 5.20. The van der Waals surface area contributed by atoms with Crippen LogP contribution in [-0.2, 0) is 32.3 Å². The van der Waals surface area contributed by atoms with Gasteiger partial charge in [0.05, 0.1) is 21.6 Å². The van der Waals surface area contributed by atoms with E-state index in [1.54, 1.807) is 24.3 Å². The summed E-state index contributed by atoms with van der Waals surface area (Å²) in [4.78, 5) is 26.0. The summed E-state index contributed by atoms with van der Waals surface area (Å²) in [6, 6.07) is 28.5. The van der Waals surface area contributed by atoms with E-state index in [9.17, 15) is 18.0 Å². The molecule has 0 spiro atoms. The molecule has 7 heteroatoms. The van der Waals surface area contributed by atoms with Crippen molar-refractivity contribution in [3.05, 3.63) is 119 Å². The lowest BCUT2D eigenvalue weighted by atomic mass is 9.96. The number of sulfone groups is 1. The Kier molecular flexibility index (Phi) is 11.0. The normalized spacial score (nSPS) is 13.0. The van der Waals surface area contributed by atoms with E-state index >= 15 is 0 Å². The van der Waals surface area contributed by atoms with Crippen LogP contribution in [-0.4, -0.2) is 20.2 Å². The lowest BCUT2D eigenvalue weighted by molar-refractivity contribution is -0.118. The zero-order chi connectivity index (χ0) is 32.7. The van der Waals surface area contributed by atoms with Gasteiger partial charge in [0.25, 0.3) is 0 Å². The van der Waals surface area contributed by atoms with Crippen molar-refractivity contribution in [2.24, 2.45) is 11.8 Å². The molecular formula is C38H44N2O4S. The van der Waals surface area contributed by atoms with Gasteiger partial charge in [0.1, 0.15) is 0 Å². The van der Waals surface area contributed by atoms with Gasteiger partial charge in [-0.25, -0.2) is 8.42 Å². The number of anilines is 2. The SMILES string of the molecule is CC(C)Cc1ccc(C(C)C(=O)Nc2ccc(S(=O)(=O)c3ccc(NC(=O)C(C)c4ccc(CC(C)C)cc4)cc3)cc2)cc1. The molecular weight excluding hydrogens is 580 g/mol. The zero-order valence-electron chi connectivity index (χ0n) is 27.0. The van der Waals surface area contributed by atoms with Crippen LogP contribution in [0.5, 0.6) is 0 Å². The summed E-state index contributed by atoms with van der Waals surface area (Å²) in [5.41, 5.74) is 5.36. The van der Waals surface area contributed by atoms with Crippen molar-refractivity contribution in [2.45, 2.75) is 76.0 Å². The summed E-state index contributed by atoms with van der Waals surface area (Å²) < 4.78 is 26.6. The predicted octanol–water partition coefficient (Wildman–Crippen LogP) is 8.40. The number of hydrogen-bond donors (Lipinski definition) is 2. The molecule has 2 unspecified atom stereocenters. The average Bonchev–Trinajstić information content (AvgIpc) is 3.01. The minimum atomic E-state index is -3.80. The van der Waals surface area contributed by atoms with Crippen molar-refractivity contribution in [1.82, 2.24) is 0 Å². The maximum atomic E-state index is 13.3. The summed E-state index contributed by atoms with van der Waals surface area (Å²) in [6.45, 7) is 12.4. The van der Waals surface area contributed by atoms with Crippen LogP contribution in [0, 0.1) is 11.8 Å². The Labute approximate surface area is 268 Å². The highest BCUT2D eigenvalue weighted by Crippen LogP contribution is 2.26. The van der Waals surface area contributed by atoms with Gasteiger partial charge in [0.2, 0.25) is 21.7 Å². The second kappa shape index (κ2) is 14.7. The van der Waals surface area contributed by atoms with E-state index in [0.29, 0.717) is 23.2 Å². The first-order valence-electron chi connectivity index (χ1n) is 15.6. The Hall–Kier alpha value is -4.23. The lowest BCUT2D eigenvalue weighted by Crippen LogP contribution is -2.19. The number of benzene rings is 4. The number of nitrogens with one attached hydrogen (secondary N) is 2. The van der Waals surface area contributed by atoms with Crippen LogP contribution >= 0.6 is 0 Å². The standard InChI is InChI=1S/C38H44N2O4S/c1-25(2)23-29-7-11-31(12-8-29)27(5)37(41)39-33-15-19-35(20-16-33)45(43,44)36-21-17-34(18-22-36)40-38(42)28(6)32-13-9-30(10-14-32)24-26(3)4/h7-22,25-28H,23-24H2,1-6H3,(H,39,41)(H,40,42). The van der Waals surface area contributed by atoms with E-state index in [2.05, 4.69) is 62.6 Å². The second-order valence-electron chi connectivity index (χ2n) is 12.7. The Morgan fingerprint density at radius 3 is 1.11 bits per heavy atom. The molecule has 0 saturated heterocycles. The predicted molar refractivity (Wildman–Crippen MR) is 182 cm³/mol. The van der Waals surface area contributed by atoms with E-state index < -0.39 is 9.84 Å². The highest BCUT2D eigenvalue weighted by atomic mass is 32.2. The van der Waals surface area contributed by atoms with Crippen LogP contribution in [0.15, 0.2) is 107 Å². The summed E-state index contributed by atoms with van der Waals surface area (Å²) in [5, 5.41) is 5.78. The van der Waals surface area contributed by atoms with Crippen molar-refractivity contribution in [3.63, 3.8) is 0 Å². The van der Waals surface area contributed by atoms with Gasteiger partial charge in [-0.05, 0) is 109 Å². The van der Waals surface area contributed by atoms with Crippen LogP contribution < -0.4 is 10.6 Å². The molecule has 0 aliphatic heterocycles. The number of carbonyl (C=O) groups is 2. The summed E-state index contributed by atoms with van der Waals surface area (Å²) >= 11 is 0. The highest BCUT2D eigenvalue weighted by molar-refractivity contribution is 7.91. The van der Waals surface area contributed by atoms with Crippen molar-refractivity contribution in [3.8, 4) is 0 Å². The third-order valence-electron chi connectivity index (χ3n) is 7.90. The molecule has 6 nitrogen and oxygen atoms in total. The molecule has 236 valence electrons. The maximum Gasteiger partial charge on any atom is 0.231 e. The van der Waals surface area contributed by atoms with Gasteiger partial charge >= 0.3 is 0 Å². The van der Waals surface area contributed by atoms with Crippen molar-refractivity contribution in [1.29, 1.82) is 0 Å². The Morgan fingerprint density at radius 1 is 0.511 bits per heavy atom. The minimum Gasteiger partial charge on any atom is -0.326 e. The Balaban J connectivity index is 1.35. The molecule has 2 amide bonds. The second-order valence-corrected chi connectivity index (χ2v) is 14.6. The molecule has 2 atom stereocenters. The van der Waals surface area contributed by atoms with Crippen molar-refractivity contribution < 1.29 is 18.0 Å². The van der Waals surface area contributed by atoms with E-state index in [-0.39, 0.29) is 33.4 Å². The molecule has 2 N–H and O–H groups in total. The van der Waals surface area contributed by atoms with Gasteiger partial charge in [-0.1, -0.05) is 76.2 Å². The lowest BCUT2D eigenvalue weighted by Gasteiger charge is -2.15. The third kappa shape index (κ3) is 8.92. The van der Waals surface area contributed by atoms with E-state index in [0.717, 1.165) is 24.0 Å². The van der Waals surface area contributed by atoms with Crippen LogP contribution in [0.3, 0.4) is 0 Å². The van der Waals surface area contributed by atoms with Crippen LogP contribution in [0.25, 0.3) is 0 Å². The first kappa shape index (κ1) is 33.7. The van der Waals surface area contributed by atoms with Gasteiger partial charge in [0.15, 0.2) is 0 Å². The van der Waals surface area contributed by atoms with Gasteiger partial charge < -0.3 is 10.6 Å². The summed E-state index contributed by atoms with van der Waals surface area (Å²) in [5.74, 6) is 0.0630. The minimum absolute atomic E-state index is 0.112. The molecule has 0 heterocycles. The smallest absolute Gasteiger partial charge is 0.231 e. The zero-order valence-corrected chi connectivity index (χ0v) is 27.8. The molecule has 0 radical (unpaired) electrons. The largest absolute Gasteiger partial charge is 0.326 e. The maximum absolute atomic E-state index is 13.3. The fourth-order valence-corrected chi connectivity index (χ4v) is 6.46. The van der Waals surface area contributed by atoms with Crippen LogP contribution in [0.1, 0.15) is 75.6 Å². The molecule has 0 aliphatic carbocycles. The Bertz CT molecular complexity index is 1570. The van der Waals surface area contributed by atoms with E-state index in [1.807, 2.05) is 38.1 Å². The van der Waals surface area contributed by atoms with Crippen LogP contribution in [0.2, 0.25) is 0 Å². The average molecular weight is 625 g/mol. The van der Waals surface area contributed by atoms with E-state index in [1.165, 1.54) is 35.4 Å². The number of amides is 2. The molecule has 0 aromatic heterocycles. The van der Waals surface area contributed by atoms with Crippen molar-refractivity contribution >= 4 is 33.0 Å². The quantitative estimate of drug-likeness (QED) is 0.166. The summed E-state index contributed by atoms with van der Waals surface area (Å²) in [7, 11) is -3.80. The molecule has 4 aromatic carbocycles. The molecule has 0 aliphatic rings. The van der Waals surface area contributed by atoms with Gasteiger partial charge in [-0.15, -0.1) is 0 Å². The van der Waals surface area contributed by atoms with E-state index in [4.69, 9.17) is 0 Å². The van der Waals surface area contributed by atoms with Gasteiger partial charge in [0, 0.05) is 11.4 Å². The molecule has 0 bridgehead atoms. The molecule has 0 fully saturated rings. The summed E-state index contributed by atoms with van der Waals surface area (Å²) in [6.07, 6.45) is 1.98. The molecule has 4 rings (SSSR count). The van der Waals surface area contributed by atoms with Crippen LogP contribution in [0.4, 0.5) is 11.4 Å². The number of hydrogen-bond acceptors (Lipinski definition) is 4. The fraction of sp³-hybridized carbons (Fsp3) is 0.316. The first-order chi connectivity index (χ1) is 21.3. The topological polar surface area (TPSA) is 92.3 Å². The number of rotatable bonds is 12. The molecule has 45 heavy (non-hydrogen) atoms. The monoisotopic (exact) mass is 624 g/mol. The Morgan fingerprint density at radius 2 is 0.822 bits per heavy atom. The third-order valence-corrected chi connectivity index (χ3v) is 9.68. The van der Waals surface area contributed by atoms with Gasteiger partial charge in [-0.2, -0.15) is 0 Å². The van der Waals surface area contributed by atoms with Crippen molar-refractivity contribution in [2.75, 3.05) is 10.6 Å². The first-order valence-corrected chi connectivity index (χ1v) is 17.1. The molecule has 0 saturated carbocycles. The number of carbonyl (C=O) groups excluding carboxylic acids is 2. The molecule has 4 aromatic rings.